The molecular formula is C24H36Ca2O8. The Morgan fingerprint density at radius 3 is 1.09 bits per heavy atom. The third-order valence-electron chi connectivity index (χ3n) is 5.21. The van der Waals surface area contributed by atoms with Gasteiger partial charge in [0.2, 0.25) is 0 Å². The van der Waals surface area contributed by atoms with Gasteiger partial charge in [-0.2, -0.15) is 0 Å². The molecule has 10 heteroatoms. The second-order valence-corrected chi connectivity index (χ2v) is 7.79. The van der Waals surface area contributed by atoms with Crippen molar-refractivity contribution in [2.24, 2.45) is 11.8 Å². The number of hydrogen-bond acceptors (Lipinski definition) is 8. The molecule has 8 nitrogen and oxygen atoms in total. The van der Waals surface area contributed by atoms with Gasteiger partial charge in [0, 0.05) is 0 Å². The predicted molar refractivity (Wildman–Crippen MR) is 124 cm³/mol. The van der Waals surface area contributed by atoms with Crippen LogP contribution in [0.25, 0.3) is 0 Å². The van der Waals surface area contributed by atoms with Crippen LogP contribution in [0.2, 0.25) is 0 Å². The van der Waals surface area contributed by atoms with Gasteiger partial charge in [0.25, 0.3) is 0 Å². The van der Waals surface area contributed by atoms with E-state index in [-0.39, 0.29) is 111 Å². The Kier molecular flexibility index (Phi) is 31.3. The van der Waals surface area contributed by atoms with Crippen molar-refractivity contribution in [3.8, 4) is 0 Å². The molecule has 0 aliphatic rings. The molecule has 0 aromatic carbocycles. The number of carboxylic acid groups (broad SMARTS) is 4. The number of aliphatic carboxylic acids is 4. The van der Waals surface area contributed by atoms with E-state index in [1.807, 2.05) is 13.8 Å². The first kappa shape index (κ1) is 41.0. The van der Waals surface area contributed by atoms with Crippen molar-refractivity contribution in [2.45, 2.75) is 91.9 Å². The van der Waals surface area contributed by atoms with Crippen molar-refractivity contribution in [1.82, 2.24) is 0 Å². The van der Waals surface area contributed by atoms with Gasteiger partial charge in [-0.25, -0.2) is 0 Å². The Morgan fingerprint density at radius 2 is 0.912 bits per heavy atom. The summed E-state index contributed by atoms with van der Waals surface area (Å²) < 4.78 is 0. The second kappa shape index (κ2) is 26.0. The van der Waals surface area contributed by atoms with Crippen molar-refractivity contribution < 1.29 is 39.6 Å². The van der Waals surface area contributed by atoms with E-state index in [0.717, 1.165) is 51.4 Å². The van der Waals surface area contributed by atoms with Crippen molar-refractivity contribution in [3.05, 3.63) is 23.3 Å². The van der Waals surface area contributed by atoms with E-state index in [0.29, 0.717) is 12.2 Å². The molecule has 0 spiro atoms. The molecular weight excluding hydrogens is 496 g/mol. The largest absolute Gasteiger partial charge is 2.00 e. The molecule has 0 radical (unpaired) electrons. The predicted octanol–water partition coefficient (Wildman–Crippen LogP) is -0.723. The molecule has 0 aromatic rings. The minimum atomic E-state index is -1.48. The van der Waals surface area contributed by atoms with Gasteiger partial charge in [-0.1, -0.05) is 79.1 Å². The molecule has 184 valence electrons. The van der Waals surface area contributed by atoms with Gasteiger partial charge in [0.05, 0.1) is 23.9 Å². The molecule has 0 bridgehead atoms. The zero-order valence-corrected chi connectivity index (χ0v) is 25.5. The van der Waals surface area contributed by atoms with Crippen LogP contribution in [0, 0.1) is 11.8 Å². The summed E-state index contributed by atoms with van der Waals surface area (Å²) in [5, 5.41) is 42.0. The van der Waals surface area contributed by atoms with Gasteiger partial charge in [-0.05, 0) is 48.0 Å². The summed E-state index contributed by atoms with van der Waals surface area (Å²) in [5.41, 5.74) is -0.356. The van der Waals surface area contributed by atoms with Gasteiger partial charge < -0.3 is 39.6 Å². The fourth-order valence-corrected chi connectivity index (χ4v) is 3.20. The molecule has 0 saturated carbocycles. The molecule has 0 aliphatic carbocycles. The van der Waals surface area contributed by atoms with E-state index < -0.39 is 23.9 Å². The van der Waals surface area contributed by atoms with Crippen LogP contribution in [0.1, 0.15) is 91.9 Å². The standard InChI is InChI=1S/2C12H20O4.2Ca/c2*1-3-5-6-9(4-2)7-10(12(15)16)8-11(13)14;;/h2*8-9H,3-7H2,1-2H3,(H,13,14)(H,15,16);;/q;;2*+2/p-4/b2*10-8-;;. The van der Waals surface area contributed by atoms with Gasteiger partial charge in [-0.15, -0.1) is 0 Å². The molecule has 0 saturated heterocycles. The zero-order valence-electron chi connectivity index (χ0n) is 21.1. The number of carboxylic acids is 4. The van der Waals surface area contributed by atoms with Crippen LogP contribution >= 0.6 is 0 Å². The summed E-state index contributed by atoms with van der Waals surface area (Å²) >= 11 is 0. The van der Waals surface area contributed by atoms with Crippen molar-refractivity contribution in [1.29, 1.82) is 0 Å². The van der Waals surface area contributed by atoms with Crippen molar-refractivity contribution in [3.63, 3.8) is 0 Å². The summed E-state index contributed by atoms with van der Waals surface area (Å²) in [7, 11) is 0. The first-order valence-corrected chi connectivity index (χ1v) is 11.3. The molecule has 0 aromatic heterocycles. The third kappa shape index (κ3) is 23.6. The molecule has 34 heavy (non-hydrogen) atoms. The minimum Gasteiger partial charge on any atom is -0.545 e. The van der Waals surface area contributed by atoms with E-state index in [1.165, 1.54) is 0 Å². The van der Waals surface area contributed by atoms with Gasteiger partial charge >= 0.3 is 75.5 Å². The fraction of sp³-hybridized carbons (Fsp3) is 0.667. The van der Waals surface area contributed by atoms with Crippen LogP contribution in [-0.2, 0) is 19.2 Å². The number of unbranched alkanes of at least 4 members (excludes halogenated alkanes) is 2. The Balaban J connectivity index is -0.000000250. The van der Waals surface area contributed by atoms with E-state index >= 15 is 0 Å². The maximum Gasteiger partial charge on any atom is 2.00 e. The number of carbonyl (C=O) groups is 4. The molecule has 2 atom stereocenters. The fourth-order valence-electron chi connectivity index (χ4n) is 3.20. The molecule has 0 heterocycles. The number of hydrogen-bond donors (Lipinski definition) is 0. The normalized spacial score (nSPS) is 12.7. The Hall–Kier alpha value is -0.121. The Morgan fingerprint density at radius 1 is 0.618 bits per heavy atom. The molecule has 0 fully saturated rings. The van der Waals surface area contributed by atoms with E-state index in [9.17, 15) is 39.6 Å². The van der Waals surface area contributed by atoms with Crippen LogP contribution in [0.3, 0.4) is 0 Å². The second-order valence-electron chi connectivity index (χ2n) is 7.79. The van der Waals surface area contributed by atoms with E-state index in [2.05, 4.69) is 13.8 Å². The summed E-state index contributed by atoms with van der Waals surface area (Å²) in [5.74, 6) is -5.40. The molecule has 0 rings (SSSR count). The molecule has 0 aliphatic heterocycles. The SMILES string of the molecule is CCCCC(CC)C/C(=C/C(=O)[O-])C(=O)[O-].CCCCC(CC)C/C(=C/C(=O)[O-])C(=O)[O-].[Ca+2].[Ca+2]. The van der Waals surface area contributed by atoms with Gasteiger partial charge in [0.15, 0.2) is 0 Å². The smallest absolute Gasteiger partial charge is 0.545 e. The first-order valence-electron chi connectivity index (χ1n) is 11.3. The number of rotatable bonds is 16. The average Bonchev–Trinajstić information content (AvgIpc) is 2.72. The van der Waals surface area contributed by atoms with Crippen LogP contribution in [0.4, 0.5) is 0 Å². The Labute approximate surface area is 263 Å². The third-order valence-corrected chi connectivity index (χ3v) is 5.21. The van der Waals surface area contributed by atoms with Gasteiger partial charge in [0.1, 0.15) is 0 Å². The topological polar surface area (TPSA) is 161 Å². The summed E-state index contributed by atoms with van der Waals surface area (Å²) in [6.45, 7) is 8.05. The maximum atomic E-state index is 10.7. The first-order chi connectivity index (χ1) is 15.0. The maximum absolute atomic E-state index is 10.7. The van der Waals surface area contributed by atoms with Gasteiger partial charge in [-0.3, -0.25) is 0 Å². The monoisotopic (exact) mass is 532 g/mol. The van der Waals surface area contributed by atoms with Crippen LogP contribution in [0.5, 0.6) is 0 Å². The van der Waals surface area contributed by atoms with Crippen molar-refractivity contribution >= 4 is 99.4 Å². The summed E-state index contributed by atoms with van der Waals surface area (Å²) in [6, 6.07) is 0. The minimum absolute atomic E-state index is 0. The summed E-state index contributed by atoms with van der Waals surface area (Å²) in [6.07, 6.45) is 9.34. The Bertz CT molecular complexity index is 603. The van der Waals surface area contributed by atoms with Crippen molar-refractivity contribution in [2.75, 3.05) is 0 Å². The average molecular weight is 533 g/mol. The zero-order chi connectivity index (χ0) is 25.1. The summed E-state index contributed by atoms with van der Waals surface area (Å²) in [4.78, 5) is 42.0. The quantitative estimate of drug-likeness (QED) is 0.186. The van der Waals surface area contributed by atoms with E-state index in [1.54, 1.807) is 0 Å². The van der Waals surface area contributed by atoms with Crippen LogP contribution in [-0.4, -0.2) is 99.4 Å². The molecule has 2 unspecified atom stereocenters. The van der Waals surface area contributed by atoms with Crippen LogP contribution < -0.4 is 20.4 Å². The van der Waals surface area contributed by atoms with Crippen LogP contribution in [0.15, 0.2) is 23.3 Å². The molecule has 0 amide bonds. The molecule has 0 N–H and O–H groups in total. The van der Waals surface area contributed by atoms with E-state index in [4.69, 9.17) is 0 Å². The number of carbonyl (C=O) groups excluding carboxylic acids is 4.